The monoisotopic (exact) mass is 380 g/mol. The standard InChI is InChI=1S/C17H20N2O4S2/c1-23-15-8-4-3-7-14(15)18-25(21,22)16-11-13(12-24-16)17(20)19-9-5-2-6-10-19/h3-4,7-8,11-12,18H,2,5-6,9-10H2,1H3. The van der Waals surface area contributed by atoms with Crippen molar-refractivity contribution in [2.75, 3.05) is 24.9 Å². The number of likely N-dealkylation sites (tertiary alicyclic amines) is 1. The first-order valence-corrected chi connectivity index (χ1v) is 10.4. The van der Waals surface area contributed by atoms with Gasteiger partial charge in [0.1, 0.15) is 9.96 Å². The number of rotatable bonds is 5. The molecule has 8 heteroatoms. The van der Waals surface area contributed by atoms with E-state index < -0.39 is 10.0 Å². The molecule has 1 aliphatic rings. The molecule has 1 N–H and O–H groups in total. The van der Waals surface area contributed by atoms with E-state index in [1.54, 1.807) is 34.5 Å². The second-order valence-corrected chi connectivity index (χ2v) is 8.63. The molecule has 25 heavy (non-hydrogen) atoms. The highest BCUT2D eigenvalue weighted by Gasteiger charge is 2.23. The molecule has 0 aliphatic carbocycles. The highest BCUT2D eigenvalue weighted by molar-refractivity contribution is 7.94. The van der Waals surface area contributed by atoms with E-state index in [0.717, 1.165) is 43.7 Å². The summed E-state index contributed by atoms with van der Waals surface area (Å²) in [6.45, 7) is 1.46. The third-order valence-corrected chi connectivity index (χ3v) is 6.89. The van der Waals surface area contributed by atoms with E-state index in [4.69, 9.17) is 4.74 Å². The predicted octanol–water partition coefficient (Wildman–Crippen LogP) is 3.18. The number of carbonyl (C=O) groups excluding carboxylic acids is 1. The van der Waals surface area contributed by atoms with E-state index >= 15 is 0 Å². The van der Waals surface area contributed by atoms with Crippen LogP contribution < -0.4 is 9.46 Å². The molecule has 0 spiro atoms. The number of methoxy groups -OCH3 is 1. The van der Waals surface area contributed by atoms with Crippen LogP contribution in [-0.2, 0) is 10.0 Å². The van der Waals surface area contributed by atoms with Crippen molar-refractivity contribution < 1.29 is 17.9 Å². The van der Waals surface area contributed by atoms with Crippen LogP contribution in [-0.4, -0.2) is 39.4 Å². The van der Waals surface area contributed by atoms with Crippen molar-refractivity contribution in [2.24, 2.45) is 0 Å². The first kappa shape index (κ1) is 17.8. The minimum Gasteiger partial charge on any atom is -0.495 e. The first-order valence-electron chi connectivity index (χ1n) is 8.05. The van der Waals surface area contributed by atoms with Crippen molar-refractivity contribution in [3.8, 4) is 5.75 Å². The molecular formula is C17H20N2O4S2. The highest BCUT2D eigenvalue weighted by Crippen LogP contribution is 2.29. The van der Waals surface area contributed by atoms with Gasteiger partial charge in [0.05, 0.1) is 18.4 Å². The van der Waals surface area contributed by atoms with Gasteiger partial charge in [-0.3, -0.25) is 9.52 Å². The van der Waals surface area contributed by atoms with Crippen molar-refractivity contribution >= 4 is 33.0 Å². The van der Waals surface area contributed by atoms with E-state index in [1.807, 2.05) is 0 Å². The number of thiophene rings is 1. The average molecular weight is 380 g/mol. The number of anilines is 1. The van der Waals surface area contributed by atoms with Gasteiger partial charge in [-0.15, -0.1) is 11.3 Å². The van der Waals surface area contributed by atoms with E-state index in [2.05, 4.69) is 4.72 Å². The van der Waals surface area contributed by atoms with Crippen molar-refractivity contribution in [3.63, 3.8) is 0 Å². The number of sulfonamides is 1. The summed E-state index contributed by atoms with van der Waals surface area (Å²) in [5, 5.41) is 1.60. The number of ether oxygens (including phenoxy) is 1. The van der Waals surface area contributed by atoms with Gasteiger partial charge in [-0.1, -0.05) is 12.1 Å². The normalized spacial score (nSPS) is 15.0. The number of hydrogen-bond acceptors (Lipinski definition) is 5. The fourth-order valence-electron chi connectivity index (χ4n) is 2.77. The van der Waals surface area contributed by atoms with Gasteiger partial charge in [0.25, 0.3) is 15.9 Å². The summed E-state index contributed by atoms with van der Waals surface area (Å²) in [5.74, 6) is 0.335. The Kier molecular flexibility index (Phi) is 5.29. The zero-order valence-electron chi connectivity index (χ0n) is 13.9. The molecule has 1 aromatic carbocycles. The van der Waals surface area contributed by atoms with Gasteiger partial charge in [0.15, 0.2) is 0 Å². The van der Waals surface area contributed by atoms with Crippen LogP contribution in [0.3, 0.4) is 0 Å². The fourth-order valence-corrected chi connectivity index (χ4v) is 5.00. The molecule has 3 rings (SSSR count). The smallest absolute Gasteiger partial charge is 0.271 e. The Morgan fingerprint density at radius 3 is 2.64 bits per heavy atom. The van der Waals surface area contributed by atoms with Crippen molar-refractivity contribution in [2.45, 2.75) is 23.5 Å². The Bertz CT molecular complexity index is 855. The van der Waals surface area contributed by atoms with Gasteiger partial charge in [-0.05, 0) is 37.5 Å². The molecule has 0 radical (unpaired) electrons. The second kappa shape index (κ2) is 7.45. The number of amides is 1. The van der Waals surface area contributed by atoms with E-state index in [-0.39, 0.29) is 10.1 Å². The maximum atomic E-state index is 12.6. The predicted molar refractivity (Wildman–Crippen MR) is 97.9 cm³/mol. The maximum absolute atomic E-state index is 12.6. The molecule has 0 atom stereocenters. The number of nitrogens with zero attached hydrogens (tertiary/aromatic N) is 1. The van der Waals surface area contributed by atoms with Crippen molar-refractivity contribution in [1.82, 2.24) is 4.90 Å². The lowest BCUT2D eigenvalue weighted by atomic mass is 10.1. The fraction of sp³-hybridized carbons (Fsp3) is 0.353. The number of carbonyl (C=O) groups is 1. The third-order valence-electron chi connectivity index (χ3n) is 4.08. The van der Waals surface area contributed by atoms with Crippen LogP contribution in [0.4, 0.5) is 5.69 Å². The summed E-state index contributed by atoms with van der Waals surface area (Å²) in [6.07, 6.45) is 3.13. The van der Waals surface area contributed by atoms with Crippen LogP contribution in [0, 0.1) is 0 Å². The molecule has 0 unspecified atom stereocenters. The molecule has 2 heterocycles. The van der Waals surface area contributed by atoms with Gasteiger partial charge < -0.3 is 9.64 Å². The number of hydrogen-bond donors (Lipinski definition) is 1. The third kappa shape index (κ3) is 3.96. The topological polar surface area (TPSA) is 75.7 Å². The second-order valence-electron chi connectivity index (χ2n) is 5.81. The van der Waals surface area contributed by atoms with Gasteiger partial charge in [-0.2, -0.15) is 0 Å². The molecule has 0 bridgehead atoms. The van der Waals surface area contributed by atoms with E-state index in [9.17, 15) is 13.2 Å². The highest BCUT2D eigenvalue weighted by atomic mass is 32.2. The molecule has 134 valence electrons. The quantitative estimate of drug-likeness (QED) is 0.864. The number of benzene rings is 1. The van der Waals surface area contributed by atoms with Gasteiger partial charge in [-0.25, -0.2) is 8.42 Å². The largest absolute Gasteiger partial charge is 0.495 e. The Hall–Kier alpha value is -2.06. The van der Waals surface area contributed by atoms with Crippen LogP contribution >= 0.6 is 11.3 Å². The minimum absolute atomic E-state index is 0.102. The summed E-state index contributed by atoms with van der Waals surface area (Å²) in [4.78, 5) is 14.3. The van der Waals surface area contributed by atoms with Crippen LogP contribution in [0.15, 0.2) is 39.9 Å². The van der Waals surface area contributed by atoms with Crippen LogP contribution in [0.2, 0.25) is 0 Å². The summed E-state index contributed by atoms with van der Waals surface area (Å²) in [5.41, 5.74) is 0.787. The van der Waals surface area contributed by atoms with Crippen molar-refractivity contribution in [1.29, 1.82) is 0 Å². The summed E-state index contributed by atoms with van der Waals surface area (Å²) in [6, 6.07) is 8.23. The van der Waals surface area contributed by atoms with E-state index in [0.29, 0.717) is 17.0 Å². The van der Waals surface area contributed by atoms with Crippen LogP contribution in [0.25, 0.3) is 0 Å². The first-order chi connectivity index (χ1) is 12.0. The molecule has 1 aliphatic heterocycles. The Labute approximate surface area is 151 Å². The maximum Gasteiger partial charge on any atom is 0.271 e. The zero-order valence-corrected chi connectivity index (χ0v) is 15.5. The molecule has 0 saturated carbocycles. The Morgan fingerprint density at radius 1 is 1.20 bits per heavy atom. The number of piperidine rings is 1. The molecular weight excluding hydrogens is 360 g/mol. The molecule has 1 saturated heterocycles. The summed E-state index contributed by atoms with van der Waals surface area (Å²) < 4.78 is 33.0. The lowest BCUT2D eigenvalue weighted by Gasteiger charge is -2.26. The van der Waals surface area contributed by atoms with Crippen LogP contribution in [0.5, 0.6) is 5.75 Å². The zero-order chi connectivity index (χ0) is 17.9. The van der Waals surface area contributed by atoms with Gasteiger partial charge >= 0.3 is 0 Å². The summed E-state index contributed by atoms with van der Waals surface area (Å²) in [7, 11) is -2.29. The lowest BCUT2D eigenvalue weighted by molar-refractivity contribution is 0.0725. The number of nitrogens with one attached hydrogen (secondary N) is 1. The number of para-hydroxylation sites is 2. The summed E-state index contributed by atoms with van der Waals surface area (Å²) >= 11 is 1.04. The lowest BCUT2D eigenvalue weighted by Crippen LogP contribution is -2.35. The van der Waals surface area contributed by atoms with Crippen LogP contribution in [0.1, 0.15) is 29.6 Å². The SMILES string of the molecule is COc1ccccc1NS(=O)(=O)c1cc(C(=O)N2CCCCC2)cs1. The molecule has 1 fully saturated rings. The van der Waals surface area contributed by atoms with Gasteiger partial charge in [0.2, 0.25) is 0 Å². The minimum atomic E-state index is -3.77. The molecule has 1 aromatic heterocycles. The Balaban J connectivity index is 1.79. The molecule has 1 amide bonds. The van der Waals surface area contributed by atoms with Gasteiger partial charge in [0, 0.05) is 18.5 Å². The molecule has 6 nitrogen and oxygen atoms in total. The van der Waals surface area contributed by atoms with E-state index in [1.165, 1.54) is 13.2 Å². The Morgan fingerprint density at radius 2 is 1.92 bits per heavy atom. The molecule has 2 aromatic rings. The average Bonchev–Trinajstić information content (AvgIpc) is 3.13. The van der Waals surface area contributed by atoms with Crippen molar-refractivity contribution in [3.05, 3.63) is 41.3 Å².